The molecule has 0 saturated carbocycles. The molecule has 3 atom stereocenters. The monoisotopic (exact) mass is 500 g/mol. The van der Waals surface area contributed by atoms with E-state index in [0.29, 0.717) is 18.4 Å². The van der Waals surface area contributed by atoms with Crippen molar-refractivity contribution in [3.05, 3.63) is 0 Å². The Balaban J connectivity index is 5.73. The summed E-state index contributed by atoms with van der Waals surface area (Å²) in [5.41, 5.74) is 0. The fourth-order valence-electron chi connectivity index (χ4n) is 4.73. The summed E-state index contributed by atoms with van der Waals surface area (Å²) in [6.45, 7) is 19.7. The van der Waals surface area contributed by atoms with Crippen LogP contribution in [0.3, 0.4) is 0 Å². The van der Waals surface area contributed by atoms with Crippen LogP contribution in [0.1, 0.15) is 145 Å². The average Bonchev–Trinajstić information content (AvgIpc) is 2.84. The molecule has 0 N–H and O–H groups in total. The van der Waals surface area contributed by atoms with Crippen molar-refractivity contribution in [2.24, 2.45) is 11.8 Å². The van der Waals surface area contributed by atoms with E-state index in [2.05, 4.69) is 48.5 Å². The van der Waals surface area contributed by atoms with E-state index in [1.807, 2.05) is 0 Å². The highest BCUT2D eigenvalue weighted by Gasteiger charge is 2.48. The van der Waals surface area contributed by atoms with E-state index in [9.17, 15) is 0 Å². The van der Waals surface area contributed by atoms with Gasteiger partial charge in [0.1, 0.15) is 6.10 Å². The fraction of sp³-hybridized carbons (Fsp3) is 1.00. The fourth-order valence-corrected chi connectivity index (χ4v) is 4.73. The van der Waals surface area contributed by atoms with Crippen LogP contribution >= 0.6 is 0 Å². The van der Waals surface area contributed by atoms with Crippen molar-refractivity contribution in [1.82, 2.24) is 0 Å². The Hall–Kier alpha value is -0.160. The van der Waals surface area contributed by atoms with Crippen molar-refractivity contribution in [2.45, 2.75) is 157 Å². The van der Waals surface area contributed by atoms with Crippen molar-refractivity contribution in [3.63, 3.8) is 0 Å². The summed E-state index contributed by atoms with van der Waals surface area (Å²) >= 11 is 0. The van der Waals surface area contributed by atoms with Crippen LogP contribution in [0.5, 0.6) is 0 Å². The van der Waals surface area contributed by atoms with E-state index in [1.54, 1.807) is 0 Å². The maximum absolute atomic E-state index is 6.89. The first-order valence-corrected chi connectivity index (χ1v) is 15.5. The molecule has 0 aliphatic carbocycles. The molecule has 0 heterocycles. The van der Waals surface area contributed by atoms with Crippen LogP contribution in [0.15, 0.2) is 0 Å². The van der Waals surface area contributed by atoms with Crippen LogP contribution in [0.2, 0.25) is 0 Å². The maximum Gasteiger partial charge on any atom is 0.197 e. The number of hydrogen-bond donors (Lipinski definition) is 0. The topological polar surface area (TPSA) is 36.9 Å². The first-order chi connectivity index (χ1) is 17.0. The predicted octanol–water partition coefficient (Wildman–Crippen LogP) is 9.34. The highest BCUT2D eigenvalue weighted by Crippen LogP contribution is 2.39. The zero-order valence-electron chi connectivity index (χ0n) is 25.0. The van der Waals surface area contributed by atoms with Crippen molar-refractivity contribution in [3.8, 4) is 0 Å². The minimum absolute atomic E-state index is 0.0215. The van der Waals surface area contributed by atoms with Gasteiger partial charge in [-0.1, -0.05) is 99.8 Å². The molecule has 0 aromatic rings. The van der Waals surface area contributed by atoms with E-state index < -0.39 is 5.79 Å². The largest absolute Gasteiger partial charge is 0.381 e. The van der Waals surface area contributed by atoms with Crippen molar-refractivity contribution < 1.29 is 18.9 Å². The molecular formula is C31H64O4. The van der Waals surface area contributed by atoms with Crippen LogP contribution in [-0.2, 0) is 18.9 Å². The van der Waals surface area contributed by atoms with Crippen LogP contribution in [-0.4, -0.2) is 44.9 Å². The normalized spacial score (nSPS) is 15.4. The van der Waals surface area contributed by atoms with Gasteiger partial charge in [-0.2, -0.15) is 0 Å². The summed E-state index contributed by atoms with van der Waals surface area (Å²) in [5.74, 6) is 0.105. The number of hydrogen-bond acceptors (Lipinski definition) is 4. The second-order valence-electron chi connectivity index (χ2n) is 10.8. The summed E-state index contributed by atoms with van der Waals surface area (Å²) in [6, 6.07) is 0. The molecule has 0 spiro atoms. The third kappa shape index (κ3) is 16.3. The number of rotatable bonds is 27. The molecule has 0 rings (SSSR count). The first kappa shape index (κ1) is 34.8. The Morgan fingerprint density at radius 1 is 0.543 bits per heavy atom. The molecular weight excluding hydrogens is 436 g/mol. The van der Waals surface area contributed by atoms with Crippen LogP contribution in [0.4, 0.5) is 0 Å². The lowest BCUT2D eigenvalue weighted by molar-refractivity contribution is -0.324. The van der Waals surface area contributed by atoms with Crippen LogP contribution < -0.4 is 0 Å². The first-order valence-electron chi connectivity index (χ1n) is 15.5. The second-order valence-corrected chi connectivity index (χ2v) is 10.8. The molecule has 0 aromatic heterocycles. The molecule has 0 aromatic carbocycles. The highest BCUT2D eigenvalue weighted by molar-refractivity contribution is 4.89. The minimum Gasteiger partial charge on any atom is -0.381 e. The second kappa shape index (κ2) is 24.2. The Morgan fingerprint density at radius 3 is 1.69 bits per heavy atom. The lowest BCUT2D eigenvalue weighted by atomic mass is 9.83. The van der Waals surface area contributed by atoms with Crippen molar-refractivity contribution in [2.75, 3.05) is 33.0 Å². The van der Waals surface area contributed by atoms with E-state index in [1.165, 1.54) is 44.9 Å². The van der Waals surface area contributed by atoms with Gasteiger partial charge in [-0.3, -0.25) is 0 Å². The summed E-state index contributed by atoms with van der Waals surface area (Å²) in [7, 11) is 0. The minimum atomic E-state index is -0.668. The molecule has 4 nitrogen and oxygen atoms in total. The van der Waals surface area contributed by atoms with Gasteiger partial charge >= 0.3 is 0 Å². The molecule has 3 unspecified atom stereocenters. The summed E-state index contributed by atoms with van der Waals surface area (Å²) in [6.07, 6.45) is 17.0. The van der Waals surface area contributed by atoms with Gasteiger partial charge in [0.15, 0.2) is 5.79 Å². The highest BCUT2D eigenvalue weighted by atomic mass is 16.7. The van der Waals surface area contributed by atoms with E-state index >= 15 is 0 Å². The molecule has 212 valence electrons. The molecule has 0 amide bonds. The Kier molecular flexibility index (Phi) is 24.1. The lowest BCUT2D eigenvalue weighted by Gasteiger charge is -2.46. The molecule has 0 aliphatic heterocycles. The van der Waals surface area contributed by atoms with Gasteiger partial charge in [0.05, 0.1) is 13.2 Å². The van der Waals surface area contributed by atoms with E-state index in [-0.39, 0.29) is 6.10 Å². The summed E-state index contributed by atoms with van der Waals surface area (Å²) in [4.78, 5) is 0. The smallest absolute Gasteiger partial charge is 0.197 e. The van der Waals surface area contributed by atoms with Crippen LogP contribution in [0.25, 0.3) is 0 Å². The zero-order valence-corrected chi connectivity index (χ0v) is 25.0. The van der Waals surface area contributed by atoms with Gasteiger partial charge in [-0.05, 0) is 50.9 Å². The average molecular weight is 501 g/mol. The van der Waals surface area contributed by atoms with Gasteiger partial charge in [-0.15, -0.1) is 0 Å². The summed E-state index contributed by atoms with van der Waals surface area (Å²) < 4.78 is 26.4. The van der Waals surface area contributed by atoms with Crippen molar-refractivity contribution in [1.29, 1.82) is 0 Å². The van der Waals surface area contributed by atoms with E-state index in [0.717, 1.165) is 77.8 Å². The van der Waals surface area contributed by atoms with Crippen LogP contribution in [0, 0.1) is 11.8 Å². The molecule has 35 heavy (non-hydrogen) atoms. The molecule has 0 bridgehead atoms. The molecule has 0 radical (unpaired) electrons. The zero-order chi connectivity index (χ0) is 26.2. The molecule has 0 saturated heterocycles. The standard InChI is InChI=1S/C31H64O4/c1-8-13-16-23-32-24-19-22-29(20-11-4)31(35-27-28(6)7,34-26-18-15-10-3)30(21-12-5)33-25-17-14-9-2/h28-30H,8-27H2,1-7H3. The SMILES string of the molecule is CCCCCOCCCC(CCC)C(OCCCCC)(OCC(C)C)C(CCC)OCCCCC. The van der Waals surface area contributed by atoms with Crippen molar-refractivity contribution >= 4 is 0 Å². The predicted molar refractivity (Wildman–Crippen MR) is 151 cm³/mol. The molecule has 4 heteroatoms. The maximum atomic E-state index is 6.89. The quantitative estimate of drug-likeness (QED) is 0.0831. The van der Waals surface area contributed by atoms with Gasteiger partial charge in [-0.25, -0.2) is 0 Å². The Labute approximate surface area is 220 Å². The Bertz CT molecular complexity index is 428. The van der Waals surface area contributed by atoms with Gasteiger partial charge < -0.3 is 18.9 Å². The van der Waals surface area contributed by atoms with Gasteiger partial charge in [0.25, 0.3) is 0 Å². The van der Waals surface area contributed by atoms with Gasteiger partial charge in [0, 0.05) is 25.7 Å². The Morgan fingerprint density at radius 2 is 1.11 bits per heavy atom. The lowest BCUT2D eigenvalue weighted by Crippen LogP contribution is -2.55. The van der Waals surface area contributed by atoms with Gasteiger partial charge in [0.2, 0.25) is 0 Å². The third-order valence-corrected chi connectivity index (χ3v) is 6.72. The number of unbranched alkanes of at least 4 members (excludes halogenated alkanes) is 6. The number of ether oxygens (including phenoxy) is 4. The summed E-state index contributed by atoms with van der Waals surface area (Å²) in [5, 5.41) is 0. The van der Waals surface area contributed by atoms with E-state index in [4.69, 9.17) is 18.9 Å². The third-order valence-electron chi connectivity index (χ3n) is 6.72. The molecule has 0 aliphatic rings. The molecule has 0 fully saturated rings.